The van der Waals surface area contributed by atoms with E-state index >= 15 is 0 Å². The van der Waals surface area contributed by atoms with E-state index in [-0.39, 0.29) is 61.9 Å². The van der Waals surface area contributed by atoms with Crippen LogP contribution in [0.2, 0.25) is 10.0 Å². The average molecular weight is 563 g/mol. The van der Waals surface area contributed by atoms with Gasteiger partial charge in [-0.3, -0.25) is 14.3 Å². The fourth-order valence-corrected chi connectivity index (χ4v) is 5.98. The van der Waals surface area contributed by atoms with Gasteiger partial charge in [-0.15, -0.1) is 0 Å². The van der Waals surface area contributed by atoms with Gasteiger partial charge in [0.15, 0.2) is 9.84 Å². The zero-order valence-corrected chi connectivity index (χ0v) is 21.5. The molecule has 1 aliphatic rings. The molecule has 1 aliphatic heterocycles. The van der Waals surface area contributed by atoms with E-state index in [1.807, 2.05) is 0 Å². The third-order valence-corrected chi connectivity index (χ3v) is 8.70. The molecule has 36 heavy (non-hydrogen) atoms. The molecule has 0 amide bonds. The van der Waals surface area contributed by atoms with Crippen LogP contribution in [0.25, 0.3) is 10.9 Å². The second-order valence-electron chi connectivity index (χ2n) is 8.73. The van der Waals surface area contributed by atoms with E-state index in [1.165, 1.54) is 25.1 Å². The number of rotatable bonds is 6. The molecule has 13 heteroatoms. The van der Waals surface area contributed by atoms with Crippen molar-refractivity contribution in [1.29, 1.82) is 0 Å². The van der Waals surface area contributed by atoms with Crippen LogP contribution in [0.3, 0.4) is 0 Å². The highest BCUT2D eigenvalue weighted by Gasteiger charge is 2.37. The Kier molecular flexibility index (Phi) is 7.42. The largest absolute Gasteiger partial charge is 0.416 e. The predicted octanol–water partition coefficient (Wildman–Crippen LogP) is 4.10. The zero-order valence-electron chi connectivity index (χ0n) is 19.1. The number of nitrogens with zero attached hydrogens (tertiary/aromatic N) is 3. The number of hydrogen-bond donors (Lipinski definition) is 1. The molecule has 0 radical (unpaired) electrons. The van der Waals surface area contributed by atoms with Crippen LogP contribution in [0.5, 0.6) is 0 Å². The minimum Gasteiger partial charge on any atom is -0.326 e. The minimum atomic E-state index is -4.77. The van der Waals surface area contributed by atoms with Gasteiger partial charge in [0, 0.05) is 30.7 Å². The number of benzene rings is 2. The topological polar surface area (TPSA) is 98.3 Å². The Morgan fingerprint density at radius 3 is 2.53 bits per heavy atom. The monoisotopic (exact) mass is 562 g/mol. The Balaban J connectivity index is 1.84. The van der Waals surface area contributed by atoms with Crippen molar-refractivity contribution in [1.82, 2.24) is 14.5 Å². The summed E-state index contributed by atoms with van der Waals surface area (Å²) in [6.45, 7) is 2.10. The van der Waals surface area contributed by atoms with Crippen molar-refractivity contribution in [2.24, 2.45) is 5.73 Å². The maximum Gasteiger partial charge on any atom is 0.416 e. The number of sulfone groups is 1. The predicted molar refractivity (Wildman–Crippen MR) is 132 cm³/mol. The summed E-state index contributed by atoms with van der Waals surface area (Å²) < 4.78 is 68.2. The van der Waals surface area contributed by atoms with Gasteiger partial charge in [-0.2, -0.15) is 13.2 Å². The fraction of sp³-hybridized carbons (Fsp3) is 0.391. The molecular formula is C23H23Cl2F3N4O3S. The van der Waals surface area contributed by atoms with Gasteiger partial charge in [-0.25, -0.2) is 13.4 Å². The van der Waals surface area contributed by atoms with Crippen molar-refractivity contribution >= 4 is 43.9 Å². The lowest BCUT2D eigenvalue weighted by Gasteiger charge is -2.21. The summed E-state index contributed by atoms with van der Waals surface area (Å²) in [5.74, 6) is -0.179. The van der Waals surface area contributed by atoms with Gasteiger partial charge in [0.25, 0.3) is 5.56 Å². The second-order valence-corrected chi connectivity index (χ2v) is 11.8. The number of alkyl halides is 3. The van der Waals surface area contributed by atoms with Gasteiger partial charge >= 0.3 is 6.18 Å². The summed E-state index contributed by atoms with van der Waals surface area (Å²) in [4.78, 5) is 19.2. The van der Waals surface area contributed by atoms with Gasteiger partial charge in [0.05, 0.1) is 45.0 Å². The molecule has 2 N–H and O–H groups in total. The molecular weight excluding hydrogens is 540 g/mol. The summed E-state index contributed by atoms with van der Waals surface area (Å²) in [5.41, 5.74) is 4.07. The zero-order chi connectivity index (χ0) is 26.4. The Morgan fingerprint density at radius 1 is 1.19 bits per heavy atom. The summed E-state index contributed by atoms with van der Waals surface area (Å²) in [7, 11) is -3.65. The normalized spacial score (nSPS) is 17.2. The Morgan fingerprint density at radius 2 is 1.92 bits per heavy atom. The van der Waals surface area contributed by atoms with Crippen LogP contribution in [0.4, 0.5) is 13.2 Å². The first-order chi connectivity index (χ1) is 16.8. The van der Waals surface area contributed by atoms with E-state index in [4.69, 9.17) is 28.9 Å². The molecule has 1 atom stereocenters. The molecule has 194 valence electrons. The van der Waals surface area contributed by atoms with E-state index in [0.29, 0.717) is 19.5 Å². The Hall–Kier alpha value is -2.18. The molecule has 2 aromatic carbocycles. The standard InChI is InChI=1S/C23H23Cl2F3N4O3S/c1-2-36(34,35)19-4-3-14(24)7-13(19)9-32-12-30-21-16(22(32)33)8-18(23(26,27)28)17(20(21)25)11-31-6-5-15(29)10-31/h3-4,7-8,12,15H,2,5-6,9-11,29H2,1H3/t15-/m1/s1. The van der Waals surface area contributed by atoms with Gasteiger partial charge < -0.3 is 5.73 Å². The third kappa shape index (κ3) is 5.26. The molecule has 1 saturated heterocycles. The quantitative estimate of drug-likeness (QED) is 0.485. The Bertz CT molecular complexity index is 1490. The molecule has 0 saturated carbocycles. The van der Waals surface area contributed by atoms with E-state index in [2.05, 4.69) is 4.98 Å². The van der Waals surface area contributed by atoms with Crippen LogP contribution in [0.1, 0.15) is 30.0 Å². The van der Waals surface area contributed by atoms with E-state index in [0.717, 1.165) is 17.0 Å². The third-order valence-electron chi connectivity index (χ3n) is 6.23. The summed E-state index contributed by atoms with van der Waals surface area (Å²) >= 11 is 12.5. The number of fused-ring (bicyclic) bond motifs is 1. The minimum absolute atomic E-state index is 0.0189. The Labute approximate surface area is 215 Å². The maximum absolute atomic E-state index is 14.0. The van der Waals surface area contributed by atoms with Crippen molar-refractivity contribution < 1.29 is 21.6 Å². The van der Waals surface area contributed by atoms with E-state index < -0.39 is 27.1 Å². The highest BCUT2D eigenvalue weighted by Crippen LogP contribution is 2.39. The SMILES string of the molecule is CCS(=O)(=O)c1ccc(Cl)cc1Cn1cnc2c(Cl)c(CN3CC[C@@H](N)C3)c(C(F)(F)F)cc2c1=O. The molecule has 3 aromatic rings. The van der Waals surface area contributed by atoms with Gasteiger partial charge in [-0.1, -0.05) is 30.1 Å². The molecule has 0 bridgehead atoms. The number of halogens is 5. The molecule has 1 aromatic heterocycles. The van der Waals surface area contributed by atoms with E-state index in [9.17, 15) is 26.4 Å². The van der Waals surface area contributed by atoms with Crippen molar-refractivity contribution in [2.45, 2.75) is 43.5 Å². The van der Waals surface area contributed by atoms with E-state index in [1.54, 1.807) is 4.90 Å². The number of aromatic nitrogens is 2. The highest BCUT2D eigenvalue weighted by atomic mass is 35.5. The molecule has 4 rings (SSSR count). The first kappa shape index (κ1) is 26.9. The van der Waals surface area contributed by atoms with Crippen LogP contribution < -0.4 is 11.3 Å². The van der Waals surface area contributed by atoms with Crippen LogP contribution in [-0.4, -0.2) is 47.8 Å². The van der Waals surface area contributed by atoms with Gasteiger partial charge in [0.1, 0.15) is 0 Å². The van der Waals surface area contributed by atoms with Crippen LogP contribution in [-0.2, 0) is 29.1 Å². The highest BCUT2D eigenvalue weighted by molar-refractivity contribution is 7.91. The van der Waals surface area contributed by atoms with Crippen molar-refractivity contribution in [3.63, 3.8) is 0 Å². The first-order valence-electron chi connectivity index (χ1n) is 11.1. The molecule has 0 unspecified atom stereocenters. The van der Waals surface area contributed by atoms with Gasteiger partial charge in [-0.05, 0) is 41.8 Å². The molecule has 7 nitrogen and oxygen atoms in total. The van der Waals surface area contributed by atoms with Crippen LogP contribution >= 0.6 is 23.2 Å². The number of likely N-dealkylation sites (tertiary alicyclic amines) is 1. The lowest BCUT2D eigenvalue weighted by molar-refractivity contribution is -0.138. The summed E-state index contributed by atoms with van der Waals surface area (Å²) in [6.07, 6.45) is -2.96. The molecule has 0 aliphatic carbocycles. The fourth-order valence-electron chi connectivity index (χ4n) is 4.37. The summed E-state index contributed by atoms with van der Waals surface area (Å²) in [6, 6.07) is 4.79. The molecule has 1 fully saturated rings. The van der Waals surface area contributed by atoms with Crippen molar-refractivity contribution in [2.75, 3.05) is 18.8 Å². The first-order valence-corrected chi connectivity index (χ1v) is 13.5. The van der Waals surface area contributed by atoms with Crippen LogP contribution in [0, 0.1) is 0 Å². The summed E-state index contributed by atoms with van der Waals surface area (Å²) in [5, 5.41) is -0.323. The lowest BCUT2D eigenvalue weighted by atomic mass is 10.0. The maximum atomic E-state index is 14.0. The number of hydrogen-bond acceptors (Lipinski definition) is 6. The molecule has 0 spiro atoms. The molecule has 2 heterocycles. The van der Waals surface area contributed by atoms with Gasteiger partial charge in [0.2, 0.25) is 0 Å². The van der Waals surface area contributed by atoms with Crippen molar-refractivity contribution in [3.05, 3.63) is 67.7 Å². The van der Waals surface area contributed by atoms with Crippen LogP contribution in [0.15, 0.2) is 40.3 Å². The smallest absolute Gasteiger partial charge is 0.326 e. The lowest BCUT2D eigenvalue weighted by Crippen LogP contribution is -2.28. The average Bonchev–Trinajstić information content (AvgIpc) is 3.21. The van der Waals surface area contributed by atoms with Crippen molar-refractivity contribution in [3.8, 4) is 0 Å². The second kappa shape index (κ2) is 9.94. The number of nitrogens with two attached hydrogens (primary N) is 1.